The van der Waals surface area contributed by atoms with Crippen LogP contribution < -0.4 is 10.8 Å². The van der Waals surface area contributed by atoms with Crippen LogP contribution in [0.25, 0.3) is 6.08 Å². The van der Waals surface area contributed by atoms with Crippen LogP contribution >= 0.6 is 0 Å². The van der Waals surface area contributed by atoms with Gasteiger partial charge in [0.15, 0.2) is 0 Å². The minimum atomic E-state index is -0.567. The number of amides is 1. The zero-order valence-electron chi connectivity index (χ0n) is 14.2. The van der Waals surface area contributed by atoms with E-state index < -0.39 is 11.4 Å². The van der Waals surface area contributed by atoms with Crippen LogP contribution in [0, 0.1) is 0 Å². The second kappa shape index (κ2) is 7.80. The smallest absolute Gasteiger partial charge is 0.326 e. The standard InChI is InChI=1S/C19H24N2O4/c22-17(21-24)10-9-14-5-7-15(8-6-14)13-20-19(11-12-19)18(23)25-16-3-1-2-4-16/h5-10,16,20,24H,1-4,11-13H2,(H,21,22). The molecule has 0 radical (unpaired) electrons. The maximum atomic E-state index is 12.4. The van der Waals surface area contributed by atoms with E-state index in [9.17, 15) is 9.59 Å². The Balaban J connectivity index is 1.50. The Morgan fingerprint density at radius 2 is 1.88 bits per heavy atom. The summed E-state index contributed by atoms with van der Waals surface area (Å²) in [5, 5.41) is 11.8. The van der Waals surface area contributed by atoms with Crippen molar-refractivity contribution in [2.45, 2.75) is 56.7 Å². The second-order valence-corrected chi connectivity index (χ2v) is 6.80. The number of hydrogen-bond donors (Lipinski definition) is 3. The van der Waals surface area contributed by atoms with Crippen LogP contribution in [0.5, 0.6) is 0 Å². The summed E-state index contributed by atoms with van der Waals surface area (Å²) in [5.41, 5.74) is 2.96. The van der Waals surface area contributed by atoms with E-state index in [1.165, 1.54) is 6.08 Å². The average Bonchev–Trinajstić information content (AvgIpc) is 3.27. The van der Waals surface area contributed by atoms with Crippen LogP contribution in [0.15, 0.2) is 30.3 Å². The van der Waals surface area contributed by atoms with Crippen LogP contribution in [0.2, 0.25) is 0 Å². The molecular weight excluding hydrogens is 320 g/mol. The summed E-state index contributed by atoms with van der Waals surface area (Å²) in [5.74, 6) is -0.670. The summed E-state index contributed by atoms with van der Waals surface area (Å²) < 4.78 is 5.64. The molecule has 0 saturated heterocycles. The van der Waals surface area contributed by atoms with Crippen LogP contribution in [-0.2, 0) is 20.9 Å². The van der Waals surface area contributed by atoms with Gasteiger partial charge in [-0.2, -0.15) is 0 Å². The Bertz CT molecular complexity index is 644. The van der Waals surface area contributed by atoms with Crippen molar-refractivity contribution >= 4 is 18.0 Å². The number of carbonyl (C=O) groups excluding carboxylic acids is 2. The van der Waals surface area contributed by atoms with E-state index in [1.807, 2.05) is 24.3 Å². The topological polar surface area (TPSA) is 87.7 Å². The fourth-order valence-electron chi connectivity index (χ4n) is 3.08. The van der Waals surface area contributed by atoms with Crippen molar-refractivity contribution in [2.75, 3.05) is 0 Å². The number of esters is 1. The molecule has 0 unspecified atom stereocenters. The monoisotopic (exact) mass is 344 g/mol. The third-order valence-corrected chi connectivity index (χ3v) is 4.86. The molecule has 0 bridgehead atoms. The largest absolute Gasteiger partial charge is 0.461 e. The molecule has 2 aliphatic carbocycles. The number of hydrogen-bond acceptors (Lipinski definition) is 5. The van der Waals surface area contributed by atoms with Crippen molar-refractivity contribution in [3.05, 3.63) is 41.5 Å². The zero-order valence-corrected chi connectivity index (χ0v) is 14.2. The van der Waals surface area contributed by atoms with Crippen LogP contribution in [0.1, 0.15) is 49.7 Å². The van der Waals surface area contributed by atoms with E-state index in [2.05, 4.69) is 5.32 Å². The molecule has 0 atom stereocenters. The van der Waals surface area contributed by atoms with Gasteiger partial charge in [0.25, 0.3) is 5.91 Å². The highest BCUT2D eigenvalue weighted by molar-refractivity contribution is 5.90. The lowest BCUT2D eigenvalue weighted by molar-refractivity contribution is -0.152. The van der Waals surface area contributed by atoms with E-state index in [1.54, 1.807) is 11.6 Å². The molecule has 0 heterocycles. The van der Waals surface area contributed by atoms with E-state index in [0.717, 1.165) is 49.7 Å². The number of nitrogens with one attached hydrogen (secondary N) is 2. The lowest BCUT2D eigenvalue weighted by atomic mass is 10.1. The SMILES string of the molecule is O=C(C=Cc1ccc(CNC2(C(=O)OC3CCCC3)CC2)cc1)NO. The molecule has 1 aromatic carbocycles. The van der Waals surface area contributed by atoms with E-state index >= 15 is 0 Å². The molecule has 1 aromatic rings. The number of ether oxygens (including phenoxy) is 1. The number of benzene rings is 1. The molecule has 2 saturated carbocycles. The first kappa shape index (κ1) is 17.6. The van der Waals surface area contributed by atoms with Crippen LogP contribution in [-0.4, -0.2) is 28.7 Å². The predicted octanol–water partition coefficient (Wildman–Crippen LogP) is 2.31. The lowest BCUT2D eigenvalue weighted by Crippen LogP contribution is -2.41. The first-order valence-corrected chi connectivity index (χ1v) is 8.78. The molecule has 3 N–H and O–H groups in total. The second-order valence-electron chi connectivity index (χ2n) is 6.80. The van der Waals surface area contributed by atoms with Crippen molar-refractivity contribution in [1.29, 1.82) is 0 Å². The third-order valence-electron chi connectivity index (χ3n) is 4.86. The Labute approximate surface area is 147 Å². The van der Waals surface area contributed by atoms with Crippen molar-refractivity contribution in [3.8, 4) is 0 Å². The first-order valence-electron chi connectivity index (χ1n) is 8.78. The van der Waals surface area contributed by atoms with E-state index in [-0.39, 0.29) is 12.1 Å². The van der Waals surface area contributed by atoms with Crippen molar-refractivity contribution in [1.82, 2.24) is 10.8 Å². The quantitative estimate of drug-likeness (QED) is 0.306. The summed E-state index contributed by atoms with van der Waals surface area (Å²) in [6, 6.07) is 7.66. The molecule has 6 heteroatoms. The minimum absolute atomic E-state index is 0.103. The first-order chi connectivity index (χ1) is 12.1. The van der Waals surface area contributed by atoms with Gasteiger partial charge in [0.05, 0.1) is 0 Å². The maximum absolute atomic E-state index is 12.4. The molecule has 134 valence electrons. The fraction of sp³-hybridized carbons (Fsp3) is 0.474. The highest BCUT2D eigenvalue weighted by atomic mass is 16.5. The molecule has 2 fully saturated rings. The van der Waals surface area contributed by atoms with Gasteiger partial charge >= 0.3 is 5.97 Å². The van der Waals surface area contributed by atoms with Crippen molar-refractivity contribution < 1.29 is 19.5 Å². The number of carbonyl (C=O) groups is 2. The van der Waals surface area contributed by atoms with Gasteiger partial charge in [-0.15, -0.1) is 0 Å². The number of rotatable bonds is 7. The summed E-state index contributed by atoms with van der Waals surface area (Å²) in [4.78, 5) is 23.3. The summed E-state index contributed by atoms with van der Waals surface area (Å²) >= 11 is 0. The van der Waals surface area contributed by atoms with Gasteiger partial charge in [-0.1, -0.05) is 24.3 Å². The van der Waals surface area contributed by atoms with Gasteiger partial charge in [0.2, 0.25) is 0 Å². The predicted molar refractivity (Wildman–Crippen MR) is 92.6 cm³/mol. The molecule has 1 amide bonds. The molecule has 6 nitrogen and oxygen atoms in total. The highest BCUT2D eigenvalue weighted by Crippen LogP contribution is 2.38. The molecular formula is C19H24N2O4. The summed E-state index contributed by atoms with van der Waals surface area (Å²) in [6.45, 7) is 0.598. The van der Waals surface area contributed by atoms with Gasteiger partial charge in [0.1, 0.15) is 11.6 Å². The van der Waals surface area contributed by atoms with Crippen LogP contribution in [0.4, 0.5) is 0 Å². The van der Waals surface area contributed by atoms with Crippen molar-refractivity contribution in [3.63, 3.8) is 0 Å². The highest BCUT2D eigenvalue weighted by Gasteiger charge is 2.51. The Hall–Kier alpha value is -2.18. The normalized spacial score (nSPS) is 19.1. The van der Waals surface area contributed by atoms with Gasteiger partial charge < -0.3 is 4.74 Å². The Morgan fingerprint density at radius 3 is 2.48 bits per heavy atom. The summed E-state index contributed by atoms with van der Waals surface area (Å²) in [7, 11) is 0. The lowest BCUT2D eigenvalue weighted by Gasteiger charge is -2.19. The van der Waals surface area contributed by atoms with E-state index in [4.69, 9.17) is 9.94 Å². The van der Waals surface area contributed by atoms with Crippen LogP contribution in [0.3, 0.4) is 0 Å². The summed E-state index contributed by atoms with van der Waals surface area (Å²) in [6.07, 6.45) is 8.92. The molecule has 0 aliphatic heterocycles. The Morgan fingerprint density at radius 1 is 1.20 bits per heavy atom. The van der Waals surface area contributed by atoms with Gasteiger partial charge in [0, 0.05) is 12.6 Å². The molecule has 25 heavy (non-hydrogen) atoms. The van der Waals surface area contributed by atoms with Gasteiger partial charge in [-0.05, 0) is 55.7 Å². The minimum Gasteiger partial charge on any atom is -0.461 e. The molecule has 0 spiro atoms. The Kier molecular flexibility index (Phi) is 5.50. The van der Waals surface area contributed by atoms with Gasteiger partial charge in [-0.25, -0.2) is 5.48 Å². The third kappa shape index (κ3) is 4.67. The van der Waals surface area contributed by atoms with Crippen molar-refractivity contribution in [2.24, 2.45) is 0 Å². The average molecular weight is 344 g/mol. The maximum Gasteiger partial charge on any atom is 0.326 e. The molecule has 0 aromatic heterocycles. The van der Waals surface area contributed by atoms with E-state index in [0.29, 0.717) is 6.54 Å². The molecule has 2 aliphatic rings. The number of hydroxylamine groups is 1. The molecule has 3 rings (SSSR count). The fourth-order valence-corrected chi connectivity index (χ4v) is 3.08. The zero-order chi connectivity index (χ0) is 17.7. The van der Waals surface area contributed by atoms with Gasteiger partial charge in [-0.3, -0.25) is 20.1 Å².